The maximum absolute atomic E-state index is 13.2. The molecule has 0 spiro atoms. The van der Waals surface area contributed by atoms with Crippen LogP contribution in [0.1, 0.15) is 6.92 Å². The Labute approximate surface area is 174 Å². The standard InChI is InChI=1S/C19H22N6O4S/c1-12-10-21-17(19(23-12)28-2)25-30(26,27)15-4-3-9-20-16(15)13-5-7-14(8-6-13)18-24-22-11-29-18/h3-9,11-12,17,19,21,23,25H,10H2,1-2H3. The number of hydrogen-bond acceptors (Lipinski definition) is 9. The third-order valence-corrected chi connectivity index (χ3v) is 6.23. The molecule has 1 aromatic carbocycles. The van der Waals surface area contributed by atoms with E-state index in [1.54, 1.807) is 36.5 Å². The lowest BCUT2D eigenvalue weighted by Crippen LogP contribution is -2.66. The van der Waals surface area contributed by atoms with Gasteiger partial charge in [-0.2, -0.15) is 4.72 Å². The van der Waals surface area contributed by atoms with Gasteiger partial charge >= 0.3 is 0 Å². The highest BCUT2D eigenvalue weighted by Gasteiger charge is 2.32. The number of aromatic nitrogens is 3. The number of rotatable bonds is 6. The molecular formula is C19H22N6O4S. The summed E-state index contributed by atoms with van der Waals surface area (Å²) in [6.07, 6.45) is 1.68. The average Bonchev–Trinajstić information content (AvgIpc) is 3.30. The fourth-order valence-corrected chi connectivity index (χ4v) is 4.63. The zero-order valence-corrected chi connectivity index (χ0v) is 17.3. The molecular weight excluding hydrogens is 408 g/mol. The van der Waals surface area contributed by atoms with Gasteiger partial charge in [0.05, 0.1) is 5.69 Å². The summed E-state index contributed by atoms with van der Waals surface area (Å²) in [7, 11) is -2.36. The van der Waals surface area contributed by atoms with Crippen molar-refractivity contribution in [3.8, 4) is 22.7 Å². The van der Waals surface area contributed by atoms with E-state index in [-0.39, 0.29) is 10.9 Å². The molecule has 11 heteroatoms. The molecule has 4 rings (SSSR count). The Hall–Kier alpha value is -2.70. The second-order valence-electron chi connectivity index (χ2n) is 6.90. The first-order chi connectivity index (χ1) is 14.5. The molecule has 158 valence electrons. The van der Waals surface area contributed by atoms with Gasteiger partial charge in [0.15, 0.2) is 0 Å². The number of nitrogens with zero attached hydrogens (tertiary/aromatic N) is 3. The predicted molar refractivity (Wildman–Crippen MR) is 108 cm³/mol. The fraction of sp³-hybridized carbons (Fsp3) is 0.316. The lowest BCUT2D eigenvalue weighted by Gasteiger charge is -2.36. The van der Waals surface area contributed by atoms with Crippen LogP contribution in [0.4, 0.5) is 0 Å². The number of piperazine rings is 1. The molecule has 30 heavy (non-hydrogen) atoms. The number of sulfonamides is 1. The maximum atomic E-state index is 13.2. The second-order valence-corrected chi connectivity index (χ2v) is 8.59. The van der Waals surface area contributed by atoms with Crippen LogP contribution < -0.4 is 15.4 Å². The first-order valence-corrected chi connectivity index (χ1v) is 10.8. The molecule has 0 saturated carbocycles. The monoisotopic (exact) mass is 430 g/mol. The molecule has 0 amide bonds. The molecule has 1 aliphatic heterocycles. The van der Waals surface area contributed by atoms with E-state index in [0.29, 0.717) is 23.7 Å². The van der Waals surface area contributed by atoms with Crippen molar-refractivity contribution in [2.24, 2.45) is 0 Å². The topological polar surface area (TPSA) is 131 Å². The van der Waals surface area contributed by atoms with Gasteiger partial charge in [0.25, 0.3) is 0 Å². The van der Waals surface area contributed by atoms with Crippen LogP contribution >= 0.6 is 0 Å². The molecule has 2 aromatic heterocycles. The summed E-state index contributed by atoms with van der Waals surface area (Å²) in [5.74, 6) is 0.382. The zero-order chi connectivity index (χ0) is 21.1. The highest BCUT2D eigenvalue weighted by atomic mass is 32.2. The molecule has 1 fully saturated rings. The maximum Gasteiger partial charge on any atom is 0.247 e. The Morgan fingerprint density at radius 2 is 1.97 bits per heavy atom. The largest absolute Gasteiger partial charge is 0.423 e. The lowest BCUT2D eigenvalue weighted by molar-refractivity contribution is 0.0119. The van der Waals surface area contributed by atoms with E-state index in [2.05, 4.69) is 30.5 Å². The van der Waals surface area contributed by atoms with E-state index in [0.717, 1.165) is 5.56 Å². The van der Waals surface area contributed by atoms with Gasteiger partial charge in [-0.3, -0.25) is 15.6 Å². The van der Waals surface area contributed by atoms with Crippen molar-refractivity contribution in [1.29, 1.82) is 0 Å². The molecule has 3 aromatic rings. The quantitative estimate of drug-likeness (QED) is 0.523. The highest BCUT2D eigenvalue weighted by Crippen LogP contribution is 2.27. The van der Waals surface area contributed by atoms with Gasteiger partial charge in [-0.1, -0.05) is 12.1 Å². The summed E-state index contributed by atoms with van der Waals surface area (Å²) in [5.41, 5.74) is 1.71. The number of ether oxygens (including phenoxy) is 1. The molecule has 3 atom stereocenters. The van der Waals surface area contributed by atoms with Crippen molar-refractivity contribution in [3.05, 3.63) is 49.0 Å². The molecule has 0 bridgehead atoms. The molecule has 0 radical (unpaired) electrons. The third kappa shape index (κ3) is 4.25. The van der Waals surface area contributed by atoms with Crippen LogP contribution in [0.25, 0.3) is 22.7 Å². The van der Waals surface area contributed by atoms with Crippen LogP contribution in [-0.2, 0) is 14.8 Å². The van der Waals surface area contributed by atoms with Gasteiger partial charge in [0, 0.05) is 37.0 Å². The minimum absolute atomic E-state index is 0.0748. The van der Waals surface area contributed by atoms with E-state index in [9.17, 15) is 8.42 Å². The van der Waals surface area contributed by atoms with Crippen molar-refractivity contribution in [2.45, 2.75) is 30.3 Å². The number of nitrogens with one attached hydrogen (secondary N) is 3. The summed E-state index contributed by atoms with van der Waals surface area (Å²) in [6.45, 7) is 2.59. The summed E-state index contributed by atoms with van der Waals surface area (Å²) >= 11 is 0. The molecule has 3 heterocycles. The first kappa shape index (κ1) is 20.6. The van der Waals surface area contributed by atoms with Crippen LogP contribution in [-0.4, -0.2) is 55.7 Å². The second kappa shape index (κ2) is 8.58. The van der Waals surface area contributed by atoms with Crippen LogP contribution in [0.5, 0.6) is 0 Å². The molecule has 1 saturated heterocycles. The Bertz CT molecular complexity index is 1090. The zero-order valence-electron chi connectivity index (χ0n) is 16.4. The molecule has 1 aliphatic rings. The van der Waals surface area contributed by atoms with Crippen molar-refractivity contribution >= 4 is 10.0 Å². The molecule has 10 nitrogen and oxygen atoms in total. The predicted octanol–water partition coefficient (Wildman–Crippen LogP) is 0.957. The van der Waals surface area contributed by atoms with E-state index in [4.69, 9.17) is 9.15 Å². The van der Waals surface area contributed by atoms with Crippen molar-refractivity contribution < 1.29 is 17.6 Å². The van der Waals surface area contributed by atoms with Gasteiger partial charge < -0.3 is 9.15 Å². The smallest absolute Gasteiger partial charge is 0.247 e. The number of pyridine rings is 1. The highest BCUT2D eigenvalue weighted by molar-refractivity contribution is 7.89. The summed E-state index contributed by atoms with van der Waals surface area (Å²) in [6, 6.07) is 10.3. The van der Waals surface area contributed by atoms with E-state index in [1.807, 2.05) is 6.92 Å². The van der Waals surface area contributed by atoms with Gasteiger partial charge in [-0.15, -0.1) is 10.2 Å². The fourth-order valence-electron chi connectivity index (χ4n) is 3.28. The summed E-state index contributed by atoms with van der Waals surface area (Å²) < 4.78 is 39.6. The van der Waals surface area contributed by atoms with E-state index >= 15 is 0 Å². The molecule has 0 aliphatic carbocycles. The Morgan fingerprint density at radius 3 is 2.67 bits per heavy atom. The van der Waals surface area contributed by atoms with Crippen LogP contribution in [0, 0.1) is 0 Å². The summed E-state index contributed by atoms with van der Waals surface area (Å²) in [4.78, 5) is 4.39. The average molecular weight is 430 g/mol. The van der Waals surface area contributed by atoms with Crippen LogP contribution in [0.3, 0.4) is 0 Å². The number of methoxy groups -OCH3 is 1. The number of benzene rings is 1. The molecule has 3 N–H and O–H groups in total. The van der Waals surface area contributed by atoms with Crippen LogP contribution in [0.15, 0.2) is 58.3 Å². The first-order valence-electron chi connectivity index (χ1n) is 9.34. The van der Waals surface area contributed by atoms with Gasteiger partial charge in [-0.25, -0.2) is 8.42 Å². The lowest BCUT2D eigenvalue weighted by atomic mass is 10.1. The van der Waals surface area contributed by atoms with Crippen LogP contribution in [0.2, 0.25) is 0 Å². The van der Waals surface area contributed by atoms with E-state index in [1.165, 1.54) is 19.6 Å². The third-order valence-electron chi connectivity index (χ3n) is 4.76. The normalized spacial score (nSPS) is 22.1. The van der Waals surface area contributed by atoms with Gasteiger partial charge in [0.1, 0.15) is 17.3 Å². The van der Waals surface area contributed by atoms with Crippen molar-refractivity contribution in [2.75, 3.05) is 13.7 Å². The minimum atomic E-state index is -3.89. The van der Waals surface area contributed by atoms with Gasteiger partial charge in [-0.05, 0) is 31.2 Å². The van der Waals surface area contributed by atoms with Gasteiger partial charge in [0.2, 0.25) is 22.3 Å². The SMILES string of the molecule is COC1NC(C)CNC1NS(=O)(=O)c1cccnc1-c1ccc(-c2nnco2)cc1. The van der Waals surface area contributed by atoms with E-state index < -0.39 is 22.4 Å². The minimum Gasteiger partial charge on any atom is -0.423 e. The Balaban J connectivity index is 1.62. The molecule has 3 unspecified atom stereocenters. The number of hydrogen-bond donors (Lipinski definition) is 3. The summed E-state index contributed by atoms with van der Waals surface area (Å²) in [5, 5.41) is 13.9. The Morgan fingerprint density at radius 1 is 1.20 bits per heavy atom. The van der Waals surface area contributed by atoms with Crippen molar-refractivity contribution in [3.63, 3.8) is 0 Å². The van der Waals surface area contributed by atoms with Crippen molar-refractivity contribution in [1.82, 2.24) is 30.5 Å². The Kier molecular flexibility index (Phi) is 5.88.